The lowest BCUT2D eigenvalue weighted by molar-refractivity contribution is -0.138. The lowest BCUT2D eigenvalue weighted by atomic mass is 9.79. The molecule has 38 heavy (non-hydrogen) atoms. The molecule has 0 amide bonds. The highest BCUT2D eigenvalue weighted by Gasteiger charge is 2.43. The quantitative estimate of drug-likeness (QED) is 0.370. The number of rotatable bonds is 8. The van der Waals surface area contributed by atoms with Crippen LogP contribution in [0.5, 0.6) is 11.5 Å². The standard InChI is InChI=1S/C32H31NO5/c1-5-36-26-17-22(14-15-25(26)38-18-21-11-9-10-19(3)16-21)28-27(32(35)37-6-2)20(4)33-30-23-12-7-8-13-24(23)31(34)29(28)30/h7-17,28,33H,5-6,18H2,1-4H3/t28-/m1/s1. The average Bonchev–Trinajstić information content (AvgIpc) is 3.19. The fourth-order valence-corrected chi connectivity index (χ4v) is 5.20. The molecule has 1 aliphatic carbocycles. The Kier molecular flexibility index (Phi) is 7.05. The van der Waals surface area contributed by atoms with E-state index in [2.05, 4.69) is 11.4 Å². The molecule has 3 aromatic rings. The molecule has 194 valence electrons. The molecule has 0 aromatic heterocycles. The number of hydrogen-bond donors (Lipinski definition) is 1. The Morgan fingerprint density at radius 1 is 0.868 bits per heavy atom. The molecule has 0 saturated heterocycles. The van der Waals surface area contributed by atoms with Crippen molar-refractivity contribution in [3.63, 3.8) is 0 Å². The van der Waals surface area contributed by atoms with Crippen LogP contribution in [0.4, 0.5) is 0 Å². The van der Waals surface area contributed by atoms with Gasteiger partial charge in [-0.05, 0) is 51.0 Å². The molecule has 1 atom stereocenters. The third-order valence-corrected chi connectivity index (χ3v) is 6.82. The van der Waals surface area contributed by atoms with Crippen LogP contribution in [0.25, 0.3) is 5.70 Å². The fraction of sp³-hybridized carbons (Fsp3) is 0.250. The zero-order valence-corrected chi connectivity index (χ0v) is 22.1. The number of nitrogens with one attached hydrogen (secondary N) is 1. The number of hydrogen-bond acceptors (Lipinski definition) is 6. The highest BCUT2D eigenvalue weighted by atomic mass is 16.5. The van der Waals surface area contributed by atoms with Gasteiger partial charge in [0.2, 0.25) is 0 Å². The minimum atomic E-state index is -0.616. The maximum absolute atomic E-state index is 13.7. The van der Waals surface area contributed by atoms with Gasteiger partial charge in [0.15, 0.2) is 17.3 Å². The summed E-state index contributed by atoms with van der Waals surface area (Å²) in [4.78, 5) is 26.9. The number of allylic oxidation sites excluding steroid dienone is 2. The van der Waals surface area contributed by atoms with Crippen molar-refractivity contribution >= 4 is 17.4 Å². The van der Waals surface area contributed by atoms with E-state index in [0.717, 1.165) is 28.0 Å². The van der Waals surface area contributed by atoms with Crippen molar-refractivity contribution in [2.45, 2.75) is 40.2 Å². The van der Waals surface area contributed by atoms with Crippen LogP contribution in [0, 0.1) is 6.92 Å². The summed E-state index contributed by atoms with van der Waals surface area (Å²) < 4.78 is 17.6. The second kappa shape index (κ2) is 10.6. The van der Waals surface area contributed by atoms with Gasteiger partial charge in [0.05, 0.1) is 24.5 Å². The number of carbonyl (C=O) groups excluding carboxylic acids is 2. The van der Waals surface area contributed by atoms with Gasteiger partial charge < -0.3 is 19.5 Å². The number of esters is 1. The Morgan fingerprint density at radius 3 is 2.39 bits per heavy atom. The van der Waals surface area contributed by atoms with Gasteiger partial charge in [0, 0.05) is 28.3 Å². The SMILES string of the molecule is CCOC(=O)C1=C(C)NC2=C(C(=O)c3ccccc32)[C@@H]1c1ccc(OCc2cccc(C)c2)c(OCC)c1. The average molecular weight is 510 g/mol. The van der Waals surface area contributed by atoms with Crippen molar-refractivity contribution in [3.05, 3.63) is 111 Å². The lowest BCUT2D eigenvalue weighted by Crippen LogP contribution is -2.29. The van der Waals surface area contributed by atoms with Crippen LogP contribution in [0.3, 0.4) is 0 Å². The van der Waals surface area contributed by atoms with E-state index in [9.17, 15) is 9.59 Å². The summed E-state index contributed by atoms with van der Waals surface area (Å²) in [6.07, 6.45) is 0. The summed E-state index contributed by atoms with van der Waals surface area (Å²) in [5, 5.41) is 3.33. The van der Waals surface area contributed by atoms with Crippen molar-refractivity contribution in [2.75, 3.05) is 13.2 Å². The Hall–Kier alpha value is -4.32. The Bertz CT molecular complexity index is 1480. The molecule has 0 bridgehead atoms. The molecule has 0 saturated carbocycles. The third-order valence-electron chi connectivity index (χ3n) is 6.82. The van der Waals surface area contributed by atoms with E-state index in [0.29, 0.717) is 47.1 Å². The number of ketones is 1. The van der Waals surface area contributed by atoms with Crippen LogP contribution in [0.1, 0.15) is 59.3 Å². The van der Waals surface area contributed by atoms with E-state index < -0.39 is 11.9 Å². The minimum Gasteiger partial charge on any atom is -0.490 e. The van der Waals surface area contributed by atoms with E-state index >= 15 is 0 Å². The number of Topliss-reactive ketones (excluding diaryl/α,β-unsaturated/α-hetero) is 1. The molecular weight excluding hydrogens is 478 g/mol. The van der Waals surface area contributed by atoms with Gasteiger partial charge >= 0.3 is 5.97 Å². The molecule has 0 unspecified atom stereocenters. The first kappa shape index (κ1) is 25.3. The van der Waals surface area contributed by atoms with E-state index in [1.165, 1.54) is 0 Å². The predicted octanol–water partition coefficient (Wildman–Crippen LogP) is 6.10. The van der Waals surface area contributed by atoms with Crippen LogP contribution >= 0.6 is 0 Å². The number of fused-ring (bicyclic) bond motifs is 2. The molecule has 0 fully saturated rings. The summed E-state index contributed by atoms with van der Waals surface area (Å²) >= 11 is 0. The summed E-state index contributed by atoms with van der Waals surface area (Å²) in [6.45, 7) is 8.64. The second-order valence-electron chi connectivity index (χ2n) is 9.40. The van der Waals surface area contributed by atoms with Crippen molar-refractivity contribution < 1.29 is 23.8 Å². The lowest BCUT2D eigenvalue weighted by Gasteiger charge is -2.29. The monoisotopic (exact) mass is 509 g/mol. The molecule has 1 aliphatic heterocycles. The van der Waals surface area contributed by atoms with Gasteiger partial charge in [-0.25, -0.2) is 4.79 Å². The van der Waals surface area contributed by atoms with Crippen molar-refractivity contribution in [1.29, 1.82) is 0 Å². The minimum absolute atomic E-state index is 0.0971. The number of benzene rings is 3. The van der Waals surface area contributed by atoms with Crippen LogP contribution in [-0.2, 0) is 16.1 Å². The molecule has 6 heteroatoms. The van der Waals surface area contributed by atoms with Gasteiger partial charge in [-0.2, -0.15) is 0 Å². The molecule has 1 N–H and O–H groups in total. The highest BCUT2D eigenvalue weighted by molar-refractivity contribution is 6.23. The number of ether oxygens (including phenoxy) is 3. The maximum atomic E-state index is 13.7. The van der Waals surface area contributed by atoms with Gasteiger partial charge in [0.1, 0.15) is 6.61 Å². The van der Waals surface area contributed by atoms with Crippen molar-refractivity contribution in [2.24, 2.45) is 0 Å². The fourth-order valence-electron chi connectivity index (χ4n) is 5.20. The molecule has 0 radical (unpaired) electrons. The van der Waals surface area contributed by atoms with E-state index in [1.54, 1.807) is 6.92 Å². The maximum Gasteiger partial charge on any atom is 0.336 e. The third kappa shape index (κ3) is 4.58. The summed E-state index contributed by atoms with van der Waals surface area (Å²) in [5.41, 5.74) is 6.79. The van der Waals surface area contributed by atoms with Crippen LogP contribution in [0.15, 0.2) is 83.6 Å². The van der Waals surface area contributed by atoms with E-state index in [-0.39, 0.29) is 12.4 Å². The zero-order valence-electron chi connectivity index (χ0n) is 22.1. The second-order valence-corrected chi connectivity index (χ2v) is 9.40. The molecule has 5 rings (SSSR count). The predicted molar refractivity (Wildman–Crippen MR) is 146 cm³/mol. The first-order chi connectivity index (χ1) is 18.4. The normalized spacial score (nSPS) is 16.1. The van der Waals surface area contributed by atoms with Gasteiger partial charge in [-0.3, -0.25) is 4.79 Å². The first-order valence-electron chi connectivity index (χ1n) is 12.9. The highest BCUT2D eigenvalue weighted by Crippen LogP contribution is 2.48. The van der Waals surface area contributed by atoms with Gasteiger partial charge in [-0.1, -0.05) is 60.2 Å². The molecular formula is C32H31NO5. The zero-order chi connectivity index (χ0) is 26.8. The molecule has 3 aromatic carbocycles. The van der Waals surface area contributed by atoms with Crippen LogP contribution in [0.2, 0.25) is 0 Å². The Morgan fingerprint density at radius 2 is 1.66 bits per heavy atom. The largest absolute Gasteiger partial charge is 0.490 e. The molecule has 2 aliphatic rings. The molecule has 0 spiro atoms. The summed E-state index contributed by atoms with van der Waals surface area (Å²) in [6, 6.07) is 21.3. The molecule has 6 nitrogen and oxygen atoms in total. The number of aryl methyl sites for hydroxylation is 1. The van der Waals surface area contributed by atoms with Crippen LogP contribution < -0.4 is 14.8 Å². The van der Waals surface area contributed by atoms with Gasteiger partial charge in [-0.15, -0.1) is 0 Å². The van der Waals surface area contributed by atoms with Crippen molar-refractivity contribution in [3.8, 4) is 11.5 Å². The number of carbonyl (C=O) groups is 2. The smallest absolute Gasteiger partial charge is 0.336 e. The van der Waals surface area contributed by atoms with Crippen molar-refractivity contribution in [1.82, 2.24) is 5.32 Å². The molecule has 1 heterocycles. The van der Waals surface area contributed by atoms with Crippen LogP contribution in [-0.4, -0.2) is 25.0 Å². The Balaban J connectivity index is 1.58. The summed E-state index contributed by atoms with van der Waals surface area (Å²) in [5.74, 6) is -0.00674. The first-order valence-corrected chi connectivity index (χ1v) is 12.9. The van der Waals surface area contributed by atoms with Gasteiger partial charge in [0.25, 0.3) is 0 Å². The topological polar surface area (TPSA) is 73.9 Å². The summed E-state index contributed by atoms with van der Waals surface area (Å²) in [7, 11) is 0. The van der Waals surface area contributed by atoms with E-state index in [1.807, 2.05) is 81.4 Å². The number of dihydropyridines is 1. The Labute approximate surface area is 222 Å². The van der Waals surface area contributed by atoms with E-state index in [4.69, 9.17) is 14.2 Å².